The molecule has 0 aliphatic heterocycles. The summed E-state index contributed by atoms with van der Waals surface area (Å²) in [6.45, 7) is 2.28. The molecule has 76 valence electrons. The van der Waals surface area contributed by atoms with Crippen LogP contribution in [0, 0.1) is 0 Å². The lowest BCUT2D eigenvalue weighted by Gasteiger charge is -2.25. The first kappa shape index (κ1) is 9.97. The van der Waals surface area contributed by atoms with E-state index >= 15 is 0 Å². The highest BCUT2D eigenvalue weighted by Crippen LogP contribution is 2.32. The van der Waals surface area contributed by atoms with Crippen LogP contribution in [0.4, 0.5) is 5.82 Å². The zero-order valence-electron chi connectivity index (χ0n) is 8.39. The van der Waals surface area contributed by atoms with Crippen LogP contribution in [0.1, 0.15) is 32.6 Å². The molecule has 3 heteroatoms. The van der Waals surface area contributed by atoms with Gasteiger partial charge in [0, 0.05) is 16.2 Å². The lowest BCUT2D eigenvalue weighted by atomic mass is 10.0. The van der Waals surface area contributed by atoms with Crippen molar-refractivity contribution in [3.8, 4) is 0 Å². The van der Waals surface area contributed by atoms with Gasteiger partial charge < -0.3 is 5.32 Å². The number of nitrogens with one attached hydrogen (secondary N) is 1. The molecule has 0 amide bonds. The second-order valence-electron chi connectivity index (χ2n) is 4.25. The third-order valence-electron chi connectivity index (χ3n) is 2.86. The first-order valence-electron chi connectivity index (χ1n) is 5.08. The molecule has 1 aliphatic carbocycles. The van der Waals surface area contributed by atoms with Gasteiger partial charge >= 0.3 is 0 Å². The number of anilines is 1. The molecule has 0 unspecified atom stereocenters. The number of nitrogens with zero attached hydrogens (tertiary/aromatic N) is 1. The summed E-state index contributed by atoms with van der Waals surface area (Å²) >= 11 is 3.38. The van der Waals surface area contributed by atoms with Crippen LogP contribution >= 0.6 is 15.9 Å². The molecule has 1 aromatic heterocycles. The van der Waals surface area contributed by atoms with Gasteiger partial charge in [0.15, 0.2) is 0 Å². The molecule has 14 heavy (non-hydrogen) atoms. The smallest absolute Gasteiger partial charge is 0.126 e. The topological polar surface area (TPSA) is 24.9 Å². The minimum absolute atomic E-state index is 0.265. The molecule has 0 aromatic carbocycles. The van der Waals surface area contributed by atoms with E-state index in [4.69, 9.17) is 0 Å². The monoisotopic (exact) mass is 254 g/mol. The van der Waals surface area contributed by atoms with Crippen molar-refractivity contribution >= 4 is 21.7 Å². The molecule has 0 spiro atoms. The zero-order chi connectivity index (χ0) is 10.0. The minimum Gasteiger partial charge on any atom is -0.365 e. The van der Waals surface area contributed by atoms with E-state index in [1.807, 2.05) is 18.3 Å². The molecule has 0 saturated heterocycles. The normalized spacial score (nSPS) is 19.6. The van der Waals surface area contributed by atoms with Crippen molar-refractivity contribution in [2.24, 2.45) is 0 Å². The number of rotatable bonds is 2. The highest BCUT2D eigenvalue weighted by molar-refractivity contribution is 9.10. The third-order valence-corrected chi connectivity index (χ3v) is 3.33. The van der Waals surface area contributed by atoms with Gasteiger partial charge in [-0.15, -0.1) is 0 Å². The average molecular weight is 255 g/mol. The van der Waals surface area contributed by atoms with Gasteiger partial charge in [-0.05, 0) is 47.8 Å². The Morgan fingerprint density at radius 3 is 2.64 bits per heavy atom. The highest BCUT2D eigenvalue weighted by atomic mass is 79.9. The van der Waals surface area contributed by atoms with Crippen LogP contribution in [0.2, 0.25) is 0 Å². The zero-order valence-corrected chi connectivity index (χ0v) is 9.97. The fourth-order valence-electron chi connectivity index (χ4n) is 2.04. The number of hydrogen-bond acceptors (Lipinski definition) is 2. The number of halogens is 1. The van der Waals surface area contributed by atoms with Gasteiger partial charge in [-0.25, -0.2) is 4.98 Å². The van der Waals surface area contributed by atoms with Gasteiger partial charge in [-0.1, -0.05) is 12.8 Å². The molecular weight excluding hydrogens is 240 g/mol. The SMILES string of the molecule is CC1(Nc2ccc(Br)cn2)CCCC1. The van der Waals surface area contributed by atoms with Gasteiger partial charge in [0.25, 0.3) is 0 Å². The molecule has 1 aliphatic rings. The Hall–Kier alpha value is -0.570. The summed E-state index contributed by atoms with van der Waals surface area (Å²) in [4.78, 5) is 4.33. The van der Waals surface area contributed by atoms with Crippen molar-refractivity contribution in [2.75, 3.05) is 5.32 Å². The quantitative estimate of drug-likeness (QED) is 0.873. The van der Waals surface area contributed by atoms with Crippen LogP contribution in [-0.4, -0.2) is 10.5 Å². The highest BCUT2D eigenvalue weighted by Gasteiger charge is 2.28. The molecule has 1 N–H and O–H groups in total. The Morgan fingerprint density at radius 1 is 1.36 bits per heavy atom. The fraction of sp³-hybridized carbons (Fsp3) is 0.545. The van der Waals surface area contributed by atoms with E-state index in [2.05, 4.69) is 33.2 Å². The summed E-state index contributed by atoms with van der Waals surface area (Å²) in [5, 5.41) is 3.51. The predicted molar refractivity (Wildman–Crippen MR) is 62.4 cm³/mol. The molecule has 0 atom stereocenters. The van der Waals surface area contributed by atoms with Crippen molar-refractivity contribution in [3.63, 3.8) is 0 Å². The van der Waals surface area contributed by atoms with E-state index in [-0.39, 0.29) is 5.54 Å². The second kappa shape index (κ2) is 3.89. The molecular formula is C11H15BrN2. The van der Waals surface area contributed by atoms with Crippen LogP contribution in [-0.2, 0) is 0 Å². The van der Waals surface area contributed by atoms with Gasteiger partial charge in [0.05, 0.1) is 0 Å². The summed E-state index contributed by atoms with van der Waals surface area (Å²) < 4.78 is 1.03. The fourth-order valence-corrected chi connectivity index (χ4v) is 2.27. The lowest BCUT2D eigenvalue weighted by molar-refractivity contribution is 0.531. The largest absolute Gasteiger partial charge is 0.365 e. The van der Waals surface area contributed by atoms with Gasteiger partial charge in [0.2, 0.25) is 0 Å². The van der Waals surface area contributed by atoms with Gasteiger partial charge in [0.1, 0.15) is 5.82 Å². The molecule has 1 aromatic rings. The van der Waals surface area contributed by atoms with E-state index in [0.717, 1.165) is 10.3 Å². The van der Waals surface area contributed by atoms with Crippen LogP contribution in [0.25, 0.3) is 0 Å². The number of aromatic nitrogens is 1. The van der Waals surface area contributed by atoms with E-state index in [9.17, 15) is 0 Å². The number of pyridine rings is 1. The molecule has 1 fully saturated rings. The molecule has 0 bridgehead atoms. The summed E-state index contributed by atoms with van der Waals surface area (Å²) in [6, 6.07) is 4.04. The Bertz CT molecular complexity index is 302. The van der Waals surface area contributed by atoms with Crippen LogP contribution in [0.3, 0.4) is 0 Å². The molecule has 0 radical (unpaired) electrons. The maximum absolute atomic E-state index is 4.33. The van der Waals surface area contributed by atoms with E-state index < -0.39 is 0 Å². The van der Waals surface area contributed by atoms with E-state index in [1.54, 1.807) is 0 Å². The van der Waals surface area contributed by atoms with Gasteiger partial charge in [-0.2, -0.15) is 0 Å². The second-order valence-corrected chi connectivity index (χ2v) is 5.17. The molecule has 1 heterocycles. The summed E-state index contributed by atoms with van der Waals surface area (Å²) in [7, 11) is 0. The van der Waals surface area contributed by atoms with Crippen molar-refractivity contribution in [2.45, 2.75) is 38.1 Å². The first-order chi connectivity index (χ1) is 6.68. The summed E-state index contributed by atoms with van der Waals surface area (Å²) in [5.74, 6) is 0.984. The maximum Gasteiger partial charge on any atom is 0.126 e. The van der Waals surface area contributed by atoms with Crippen molar-refractivity contribution in [1.29, 1.82) is 0 Å². The van der Waals surface area contributed by atoms with Crippen LogP contribution in [0.15, 0.2) is 22.8 Å². The van der Waals surface area contributed by atoms with Crippen molar-refractivity contribution in [1.82, 2.24) is 4.98 Å². The van der Waals surface area contributed by atoms with Crippen LogP contribution in [0.5, 0.6) is 0 Å². The van der Waals surface area contributed by atoms with Crippen molar-refractivity contribution < 1.29 is 0 Å². The van der Waals surface area contributed by atoms with E-state index in [1.165, 1.54) is 25.7 Å². The van der Waals surface area contributed by atoms with E-state index in [0.29, 0.717) is 0 Å². The number of hydrogen-bond donors (Lipinski definition) is 1. The Balaban J connectivity index is 2.06. The Morgan fingerprint density at radius 2 is 2.07 bits per heavy atom. The molecule has 2 rings (SSSR count). The Kier molecular flexibility index (Phi) is 2.77. The first-order valence-corrected chi connectivity index (χ1v) is 5.87. The minimum atomic E-state index is 0.265. The standard InChI is InChI=1S/C11H15BrN2/c1-11(6-2-3-7-11)14-10-5-4-9(12)8-13-10/h4-5,8H,2-3,6-7H2,1H3,(H,13,14). The summed E-state index contributed by atoms with van der Waals surface area (Å²) in [6.07, 6.45) is 7.01. The average Bonchev–Trinajstić information content (AvgIpc) is 2.57. The third kappa shape index (κ3) is 2.27. The molecule has 2 nitrogen and oxygen atoms in total. The lowest BCUT2D eigenvalue weighted by Crippen LogP contribution is -2.31. The predicted octanol–water partition coefficient (Wildman–Crippen LogP) is 3.59. The summed E-state index contributed by atoms with van der Waals surface area (Å²) in [5.41, 5.74) is 0.265. The van der Waals surface area contributed by atoms with Crippen molar-refractivity contribution in [3.05, 3.63) is 22.8 Å². The molecule has 1 saturated carbocycles. The van der Waals surface area contributed by atoms with Gasteiger partial charge in [-0.3, -0.25) is 0 Å². The van der Waals surface area contributed by atoms with Crippen LogP contribution < -0.4 is 5.32 Å². The maximum atomic E-state index is 4.33. The Labute approximate surface area is 93.3 Å².